The van der Waals surface area contributed by atoms with Crippen LogP contribution in [0.2, 0.25) is 0 Å². The van der Waals surface area contributed by atoms with E-state index in [1.165, 1.54) is 11.3 Å². The molecule has 0 bridgehead atoms. The van der Waals surface area contributed by atoms with Crippen molar-refractivity contribution >= 4 is 39.0 Å². The van der Waals surface area contributed by atoms with Gasteiger partial charge in [0.1, 0.15) is 0 Å². The van der Waals surface area contributed by atoms with Crippen molar-refractivity contribution < 1.29 is 10.0 Å². The van der Waals surface area contributed by atoms with E-state index >= 15 is 0 Å². The number of hydrogen-bond acceptors (Lipinski definition) is 4. The topological polar surface area (TPSA) is 78.9 Å². The molecule has 1 fully saturated rings. The molecule has 1 aromatic heterocycles. The highest BCUT2D eigenvalue weighted by atomic mass is 79.9. The fraction of sp³-hybridized carbons (Fsp3) is 0.500. The minimum absolute atomic E-state index is 0.0470. The van der Waals surface area contributed by atoms with Gasteiger partial charge >= 0.3 is 0 Å². The highest BCUT2D eigenvalue weighted by Gasteiger charge is 2.28. The number of carbonyl (C=O) groups excluding carboxylic acids is 1. The Morgan fingerprint density at radius 1 is 1.53 bits per heavy atom. The Hall–Kier alpha value is -1.08. The molecule has 1 aliphatic rings. The molecule has 1 saturated carbocycles. The summed E-state index contributed by atoms with van der Waals surface area (Å²) in [4.78, 5) is 14.9. The SMILES string of the molecule is NC(CN(C(=O)c1ccc(Br)s1)C1CCCC1)=NO. The first-order valence-corrected chi connectivity index (χ1v) is 7.75. The minimum Gasteiger partial charge on any atom is -0.409 e. The van der Waals surface area contributed by atoms with Crippen molar-refractivity contribution in [3.63, 3.8) is 0 Å². The summed E-state index contributed by atoms with van der Waals surface area (Å²) in [5, 5.41) is 11.7. The lowest BCUT2D eigenvalue weighted by Gasteiger charge is -2.28. The lowest BCUT2D eigenvalue weighted by molar-refractivity contribution is 0.0717. The zero-order chi connectivity index (χ0) is 13.8. The Morgan fingerprint density at radius 3 is 2.74 bits per heavy atom. The lowest BCUT2D eigenvalue weighted by atomic mass is 10.2. The lowest BCUT2D eigenvalue weighted by Crippen LogP contribution is -2.44. The highest BCUT2D eigenvalue weighted by molar-refractivity contribution is 9.11. The number of amides is 1. The molecular formula is C12H16BrN3O2S. The van der Waals surface area contributed by atoms with Gasteiger partial charge in [0.25, 0.3) is 5.91 Å². The van der Waals surface area contributed by atoms with Crippen LogP contribution in [0.3, 0.4) is 0 Å². The first kappa shape index (κ1) is 14.3. The zero-order valence-electron chi connectivity index (χ0n) is 10.4. The molecule has 104 valence electrons. The fourth-order valence-electron chi connectivity index (χ4n) is 2.36. The molecule has 5 nitrogen and oxygen atoms in total. The first-order chi connectivity index (χ1) is 9.11. The van der Waals surface area contributed by atoms with Crippen molar-refractivity contribution in [2.24, 2.45) is 10.9 Å². The van der Waals surface area contributed by atoms with E-state index in [0.717, 1.165) is 29.5 Å². The Morgan fingerprint density at radius 2 is 2.21 bits per heavy atom. The minimum atomic E-state index is -0.0470. The van der Waals surface area contributed by atoms with Crippen LogP contribution in [0.4, 0.5) is 0 Å². The molecule has 7 heteroatoms. The maximum Gasteiger partial charge on any atom is 0.264 e. The van der Waals surface area contributed by atoms with Gasteiger partial charge in [-0.1, -0.05) is 18.0 Å². The maximum absolute atomic E-state index is 12.5. The normalized spacial score (nSPS) is 16.8. The first-order valence-electron chi connectivity index (χ1n) is 6.14. The van der Waals surface area contributed by atoms with Gasteiger partial charge < -0.3 is 15.8 Å². The van der Waals surface area contributed by atoms with Gasteiger partial charge in [0.05, 0.1) is 15.2 Å². The molecule has 0 radical (unpaired) electrons. The summed E-state index contributed by atoms with van der Waals surface area (Å²) in [6.07, 6.45) is 4.21. The van der Waals surface area contributed by atoms with Crippen molar-refractivity contribution in [2.75, 3.05) is 6.54 Å². The standard InChI is InChI=1S/C12H16BrN3O2S/c13-10-6-5-9(19-10)12(17)16(7-11(14)15-18)8-3-1-2-4-8/h5-6,8,18H,1-4,7H2,(H2,14,15). The second kappa shape index (κ2) is 6.38. The predicted octanol–water partition coefficient (Wildman–Crippen LogP) is 2.64. The van der Waals surface area contributed by atoms with Gasteiger partial charge in [0.2, 0.25) is 0 Å². The Balaban J connectivity index is 2.18. The molecule has 0 atom stereocenters. The van der Waals surface area contributed by atoms with Gasteiger partial charge in [-0.2, -0.15) is 0 Å². The maximum atomic E-state index is 12.5. The van der Waals surface area contributed by atoms with E-state index in [9.17, 15) is 4.79 Å². The summed E-state index contributed by atoms with van der Waals surface area (Å²) in [5.41, 5.74) is 5.56. The average Bonchev–Trinajstić information content (AvgIpc) is 3.05. The van der Waals surface area contributed by atoms with Crippen molar-refractivity contribution in [1.29, 1.82) is 0 Å². The van der Waals surface area contributed by atoms with Crippen LogP contribution in [0.25, 0.3) is 0 Å². The summed E-state index contributed by atoms with van der Waals surface area (Å²) < 4.78 is 0.922. The van der Waals surface area contributed by atoms with Crippen LogP contribution in [-0.4, -0.2) is 34.4 Å². The van der Waals surface area contributed by atoms with Crippen molar-refractivity contribution in [2.45, 2.75) is 31.7 Å². The average molecular weight is 346 g/mol. The fourth-order valence-corrected chi connectivity index (χ4v) is 3.70. The number of rotatable bonds is 4. The highest BCUT2D eigenvalue weighted by Crippen LogP contribution is 2.28. The van der Waals surface area contributed by atoms with Gasteiger partial charge in [0.15, 0.2) is 5.84 Å². The van der Waals surface area contributed by atoms with E-state index in [1.807, 2.05) is 6.07 Å². The summed E-state index contributed by atoms with van der Waals surface area (Å²) in [6.45, 7) is 0.176. The van der Waals surface area contributed by atoms with E-state index < -0.39 is 0 Å². The molecule has 0 spiro atoms. The third kappa shape index (κ3) is 3.48. The summed E-state index contributed by atoms with van der Waals surface area (Å²) >= 11 is 4.76. The van der Waals surface area contributed by atoms with Crippen LogP contribution >= 0.6 is 27.3 Å². The summed E-state index contributed by atoms with van der Waals surface area (Å²) in [7, 11) is 0. The van der Waals surface area contributed by atoms with Crippen LogP contribution < -0.4 is 5.73 Å². The second-order valence-corrected chi connectivity index (χ2v) is 7.03. The van der Waals surface area contributed by atoms with Crippen LogP contribution in [0.15, 0.2) is 21.1 Å². The summed E-state index contributed by atoms with van der Waals surface area (Å²) in [6, 6.07) is 3.84. The number of nitrogens with zero attached hydrogens (tertiary/aromatic N) is 2. The Kier molecular flexibility index (Phi) is 4.81. The van der Waals surface area contributed by atoms with Gasteiger partial charge in [0, 0.05) is 6.04 Å². The number of halogens is 1. The quantitative estimate of drug-likeness (QED) is 0.381. The Bertz CT molecular complexity index is 483. The third-order valence-corrected chi connectivity index (χ3v) is 4.88. The molecule has 2 rings (SSSR count). The van der Waals surface area contributed by atoms with Crippen molar-refractivity contribution in [1.82, 2.24) is 4.90 Å². The molecule has 19 heavy (non-hydrogen) atoms. The monoisotopic (exact) mass is 345 g/mol. The number of oxime groups is 1. The van der Waals surface area contributed by atoms with Gasteiger partial charge in [-0.15, -0.1) is 11.3 Å². The predicted molar refractivity (Wildman–Crippen MR) is 78.7 cm³/mol. The van der Waals surface area contributed by atoms with Gasteiger partial charge in [-0.25, -0.2) is 0 Å². The Labute approximate surface area is 124 Å². The molecule has 0 saturated heterocycles. The van der Waals surface area contributed by atoms with Crippen LogP contribution in [0.1, 0.15) is 35.4 Å². The smallest absolute Gasteiger partial charge is 0.264 e. The molecule has 1 aliphatic carbocycles. The van der Waals surface area contributed by atoms with Gasteiger partial charge in [-0.3, -0.25) is 4.79 Å². The van der Waals surface area contributed by atoms with Crippen molar-refractivity contribution in [3.8, 4) is 0 Å². The van der Waals surface area contributed by atoms with E-state index in [2.05, 4.69) is 21.1 Å². The van der Waals surface area contributed by atoms with Crippen LogP contribution in [-0.2, 0) is 0 Å². The number of thiophene rings is 1. The molecule has 0 unspecified atom stereocenters. The second-order valence-electron chi connectivity index (χ2n) is 4.57. The third-order valence-electron chi connectivity index (χ3n) is 3.27. The van der Waals surface area contributed by atoms with Crippen molar-refractivity contribution in [3.05, 3.63) is 20.8 Å². The number of carbonyl (C=O) groups is 1. The van der Waals surface area contributed by atoms with Crippen LogP contribution in [0.5, 0.6) is 0 Å². The van der Waals surface area contributed by atoms with E-state index in [4.69, 9.17) is 10.9 Å². The van der Waals surface area contributed by atoms with Crippen LogP contribution in [0, 0.1) is 0 Å². The number of nitrogens with two attached hydrogens (primary N) is 1. The zero-order valence-corrected chi connectivity index (χ0v) is 12.8. The van der Waals surface area contributed by atoms with E-state index in [1.54, 1.807) is 11.0 Å². The summed E-state index contributed by atoms with van der Waals surface area (Å²) in [5.74, 6) is 0.0186. The number of hydrogen-bond donors (Lipinski definition) is 2. The molecule has 1 amide bonds. The molecular weight excluding hydrogens is 330 g/mol. The largest absolute Gasteiger partial charge is 0.409 e. The number of amidine groups is 1. The van der Waals surface area contributed by atoms with E-state index in [-0.39, 0.29) is 24.3 Å². The van der Waals surface area contributed by atoms with E-state index in [0.29, 0.717) is 4.88 Å². The van der Waals surface area contributed by atoms with Gasteiger partial charge in [-0.05, 0) is 40.9 Å². The molecule has 0 aromatic carbocycles. The molecule has 0 aliphatic heterocycles. The molecule has 3 N–H and O–H groups in total. The molecule has 1 heterocycles. The molecule has 1 aromatic rings.